The third kappa shape index (κ3) is 5.94. The minimum absolute atomic E-state index is 0.220. The maximum Gasteiger partial charge on any atom is 0.261 e. The minimum atomic E-state index is -3.69. The fraction of sp³-hybridized carbons (Fsp3) is 0.417. The van der Waals surface area contributed by atoms with Crippen LogP contribution in [0, 0.1) is 5.92 Å². The van der Waals surface area contributed by atoms with E-state index in [2.05, 4.69) is 26.5 Å². The van der Waals surface area contributed by atoms with Crippen LogP contribution in [0.1, 0.15) is 51.0 Å². The molecule has 1 saturated carbocycles. The maximum absolute atomic E-state index is 13.0. The SMILES string of the molecule is C[C@@H](CC1CCCCC1)NCc1ccccc1NS(=O)(=O)c1ccc(-c2csnn2)cc1. The summed E-state index contributed by atoms with van der Waals surface area (Å²) in [5, 5.41) is 9.45. The first-order valence-electron chi connectivity index (χ1n) is 11.2. The van der Waals surface area contributed by atoms with Gasteiger partial charge in [0.1, 0.15) is 5.69 Å². The number of rotatable bonds is 9. The number of hydrogen-bond donors (Lipinski definition) is 2. The van der Waals surface area contributed by atoms with Gasteiger partial charge in [0.25, 0.3) is 10.0 Å². The number of anilines is 1. The van der Waals surface area contributed by atoms with Gasteiger partial charge >= 0.3 is 0 Å². The Hall–Kier alpha value is -2.29. The first-order valence-corrected chi connectivity index (χ1v) is 13.5. The molecule has 32 heavy (non-hydrogen) atoms. The second kappa shape index (κ2) is 10.6. The van der Waals surface area contributed by atoms with Crippen molar-refractivity contribution >= 4 is 27.2 Å². The van der Waals surface area contributed by atoms with Gasteiger partial charge in [-0.3, -0.25) is 4.72 Å². The van der Waals surface area contributed by atoms with E-state index >= 15 is 0 Å². The molecule has 1 atom stereocenters. The van der Waals surface area contributed by atoms with Crippen LogP contribution in [0.5, 0.6) is 0 Å². The van der Waals surface area contributed by atoms with Crippen molar-refractivity contribution in [3.63, 3.8) is 0 Å². The smallest absolute Gasteiger partial charge is 0.261 e. The molecule has 0 unspecified atom stereocenters. The van der Waals surface area contributed by atoms with Crippen molar-refractivity contribution in [2.24, 2.45) is 5.92 Å². The second-order valence-corrected chi connectivity index (χ2v) is 10.9. The predicted octanol–water partition coefficient (Wildman–Crippen LogP) is 5.45. The number of nitrogens with zero attached hydrogens (tertiary/aromatic N) is 2. The van der Waals surface area contributed by atoms with E-state index in [0.717, 1.165) is 22.7 Å². The Balaban J connectivity index is 1.40. The number of para-hydroxylation sites is 1. The highest BCUT2D eigenvalue weighted by atomic mass is 32.2. The lowest BCUT2D eigenvalue weighted by atomic mass is 9.85. The van der Waals surface area contributed by atoms with Crippen molar-refractivity contribution in [1.82, 2.24) is 14.9 Å². The van der Waals surface area contributed by atoms with Crippen LogP contribution in [-0.4, -0.2) is 24.0 Å². The Kier molecular flexibility index (Phi) is 7.55. The Bertz CT molecular complexity index is 1090. The molecule has 3 aromatic rings. The average Bonchev–Trinajstić information content (AvgIpc) is 3.34. The third-order valence-corrected chi connectivity index (χ3v) is 8.02. The normalized spacial score (nSPS) is 16.0. The summed E-state index contributed by atoms with van der Waals surface area (Å²) in [7, 11) is -3.69. The summed E-state index contributed by atoms with van der Waals surface area (Å²) in [5.41, 5.74) is 3.13. The molecule has 0 bridgehead atoms. The lowest BCUT2D eigenvalue weighted by Gasteiger charge is -2.25. The summed E-state index contributed by atoms with van der Waals surface area (Å²) < 4.78 is 32.6. The molecule has 2 N–H and O–H groups in total. The van der Waals surface area contributed by atoms with Crippen molar-refractivity contribution in [2.75, 3.05) is 4.72 Å². The molecule has 0 radical (unpaired) electrons. The number of nitrogens with one attached hydrogen (secondary N) is 2. The number of hydrogen-bond acceptors (Lipinski definition) is 6. The zero-order chi connectivity index (χ0) is 22.4. The highest BCUT2D eigenvalue weighted by Crippen LogP contribution is 2.28. The van der Waals surface area contributed by atoms with Gasteiger partial charge in [-0.2, -0.15) is 0 Å². The first-order chi connectivity index (χ1) is 15.5. The molecule has 8 heteroatoms. The molecule has 1 heterocycles. The van der Waals surface area contributed by atoms with Gasteiger partial charge in [-0.1, -0.05) is 66.9 Å². The third-order valence-electron chi connectivity index (χ3n) is 6.13. The van der Waals surface area contributed by atoms with Gasteiger partial charge in [0.15, 0.2) is 0 Å². The molecule has 0 saturated heterocycles. The molecule has 4 rings (SSSR count). The largest absolute Gasteiger partial charge is 0.310 e. The van der Waals surface area contributed by atoms with E-state index < -0.39 is 10.0 Å². The summed E-state index contributed by atoms with van der Waals surface area (Å²) in [5.74, 6) is 0.808. The van der Waals surface area contributed by atoms with Gasteiger partial charge in [-0.05, 0) is 54.6 Å². The van der Waals surface area contributed by atoms with Crippen molar-refractivity contribution in [3.05, 3.63) is 59.5 Å². The second-order valence-electron chi connectivity index (χ2n) is 8.60. The number of benzene rings is 2. The zero-order valence-electron chi connectivity index (χ0n) is 18.3. The van der Waals surface area contributed by atoms with Crippen LogP contribution in [-0.2, 0) is 16.6 Å². The van der Waals surface area contributed by atoms with E-state index in [4.69, 9.17) is 0 Å². The monoisotopic (exact) mass is 470 g/mol. The Labute approximate surface area is 194 Å². The van der Waals surface area contributed by atoms with Crippen LogP contribution in [0.25, 0.3) is 11.3 Å². The Morgan fingerprint density at radius 1 is 1.06 bits per heavy atom. The van der Waals surface area contributed by atoms with E-state index in [9.17, 15) is 8.42 Å². The van der Waals surface area contributed by atoms with E-state index in [1.807, 2.05) is 29.6 Å². The van der Waals surface area contributed by atoms with Crippen LogP contribution >= 0.6 is 11.5 Å². The summed E-state index contributed by atoms with van der Waals surface area (Å²) in [4.78, 5) is 0.220. The fourth-order valence-electron chi connectivity index (χ4n) is 4.36. The summed E-state index contributed by atoms with van der Waals surface area (Å²) >= 11 is 1.27. The summed E-state index contributed by atoms with van der Waals surface area (Å²) in [6.07, 6.45) is 7.92. The molecule has 0 spiro atoms. The van der Waals surface area contributed by atoms with Crippen molar-refractivity contribution < 1.29 is 8.42 Å². The van der Waals surface area contributed by atoms with Gasteiger partial charge in [0, 0.05) is 23.5 Å². The lowest BCUT2D eigenvalue weighted by Crippen LogP contribution is -2.29. The molecule has 170 valence electrons. The Morgan fingerprint density at radius 3 is 2.53 bits per heavy atom. The van der Waals surface area contributed by atoms with Crippen molar-refractivity contribution in [2.45, 2.75) is 62.9 Å². The topological polar surface area (TPSA) is 84.0 Å². The minimum Gasteiger partial charge on any atom is -0.310 e. The van der Waals surface area contributed by atoms with E-state index in [1.54, 1.807) is 24.3 Å². The van der Waals surface area contributed by atoms with Crippen molar-refractivity contribution in [3.8, 4) is 11.3 Å². The fourth-order valence-corrected chi connectivity index (χ4v) is 5.93. The summed E-state index contributed by atoms with van der Waals surface area (Å²) in [6, 6.07) is 14.7. The van der Waals surface area contributed by atoms with Gasteiger partial charge in [0.05, 0.1) is 10.6 Å². The van der Waals surface area contributed by atoms with Gasteiger partial charge in [-0.15, -0.1) is 5.10 Å². The molecule has 1 aliphatic carbocycles. The van der Waals surface area contributed by atoms with Gasteiger partial charge in [-0.25, -0.2) is 8.42 Å². The first kappa shape index (κ1) is 22.9. The predicted molar refractivity (Wildman–Crippen MR) is 130 cm³/mol. The lowest BCUT2D eigenvalue weighted by molar-refractivity contribution is 0.305. The highest BCUT2D eigenvalue weighted by Gasteiger charge is 2.18. The maximum atomic E-state index is 13.0. The van der Waals surface area contributed by atoms with E-state index in [1.165, 1.54) is 50.1 Å². The van der Waals surface area contributed by atoms with E-state index in [0.29, 0.717) is 18.3 Å². The summed E-state index contributed by atoms with van der Waals surface area (Å²) in [6.45, 7) is 2.85. The van der Waals surface area contributed by atoms with Crippen molar-refractivity contribution in [1.29, 1.82) is 0 Å². The molecule has 1 fully saturated rings. The molecule has 1 aromatic heterocycles. The molecular formula is C24H30N4O2S2. The van der Waals surface area contributed by atoms with Crippen LogP contribution in [0.3, 0.4) is 0 Å². The molecule has 2 aromatic carbocycles. The highest BCUT2D eigenvalue weighted by molar-refractivity contribution is 7.92. The molecule has 0 aliphatic heterocycles. The molecular weight excluding hydrogens is 440 g/mol. The van der Waals surface area contributed by atoms with Crippen LogP contribution in [0.15, 0.2) is 58.8 Å². The van der Waals surface area contributed by atoms with Gasteiger partial charge < -0.3 is 5.32 Å². The number of sulfonamides is 1. The Morgan fingerprint density at radius 2 is 1.81 bits per heavy atom. The quantitative estimate of drug-likeness (QED) is 0.434. The number of aromatic nitrogens is 2. The van der Waals surface area contributed by atoms with E-state index in [-0.39, 0.29) is 4.90 Å². The van der Waals surface area contributed by atoms with Crippen LogP contribution < -0.4 is 10.0 Å². The standard InChI is InChI=1S/C24H30N4O2S2/c1-18(15-19-7-3-2-4-8-19)25-16-21-9-5-6-10-23(21)27-32(29,30)22-13-11-20(12-14-22)24-17-31-28-26-24/h5-6,9-14,17-19,25,27H,2-4,7-8,15-16H2,1H3/t18-/m0/s1. The van der Waals surface area contributed by atoms with Crippen LogP contribution in [0.4, 0.5) is 5.69 Å². The average molecular weight is 471 g/mol. The van der Waals surface area contributed by atoms with Gasteiger partial charge in [0.2, 0.25) is 0 Å². The molecule has 0 amide bonds. The zero-order valence-corrected chi connectivity index (χ0v) is 20.0. The molecule has 6 nitrogen and oxygen atoms in total. The van der Waals surface area contributed by atoms with Crippen LogP contribution in [0.2, 0.25) is 0 Å². The molecule has 1 aliphatic rings.